The van der Waals surface area contributed by atoms with Gasteiger partial charge >= 0.3 is 11.8 Å². The summed E-state index contributed by atoms with van der Waals surface area (Å²) in [5, 5.41) is 12.1. The van der Waals surface area contributed by atoms with E-state index in [-0.39, 0.29) is 0 Å². The molecule has 0 aliphatic rings. The third-order valence-electron chi connectivity index (χ3n) is 2.50. The summed E-state index contributed by atoms with van der Waals surface area (Å²) in [6.07, 6.45) is 1.86. The van der Waals surface area contributed by atoms with Crippen molar-refractivity contribution in [2.24, 2.45) is 10.8 Å². The molecule has 1 aromatic rings. The molecule has 7 nitrogen and oxygen atoms in total. The number of amides is 2. The molecule has 0 radical (unpaired) electrons. The molecule has 0 spiro atoms. The third-order valence-corrected chi connectivity index (χ3v) is 2.50. The Morgan fingerprint density at radius 3 is 2.65 bits per heavy atom. The van der Waals surface area contributed by atoms with Crippen LogP contribution in [0.2, 0.25) is 0 Å². The van der Waals surface area contributed by atoms with Gasteiger partial charge in [-0.3, -0.25) is 9.59 Å². The lowest BCUT2D eigenvalue weighted by Gasteiger charge is -2.17. The summed E-state index contributed by atoms with van der Waals surface area (Å²) in [5.74, 6) is -2.05. The van der Waals surface area contributed by atoms with Crippen LogP contribution in [0.4, 0.5) is 5.69 Å². The minimum absolute atomic E-state index is 0.457. The van der Waals surface area contributed by atoms with Crippen LogP contribution in [0, 0.1) is 11.3 Å². The van der Waals surface area contributed by atoms with Crippen molar-refractivity contribution in [2.75, 3.05) is 18.5 Å². The van der Waals surface area contributed by atoms with E-state index in [1.54, 1.807) is 12.1 Å². The monoisotopic (exact) mass is 273 g/mol. The van der Waals surface area contributed by atoms with Gasteiger partial charge in [-0.1, -0.05) is 12.1 Å². The Morgan fingerprint density at radius 1 is 1.45 bits per heavy atom. The van der Waals surface area contributed by atoms with E-state index in [0.29, 0.717) is 13.0 Å². The molecular weight excluding hydrogens is 258 g/mol. The number of primary amides is 1. The zero-order chi connectivity index (χ0) is 15.0. The average molecular weight is 273 g/mol. The van der Waals surface area contributed by atoms with Crippen LogP contribution >= 0.6 is 0 Å². The smallest absolute Gasteiger partial charge is 0.329 e. The normalized spacial score (nSPS) is 10.0. The Labute approximate surface area is 116 Å². The summed E-state index contributed by atoms with van der Waals surface area (Å²) in [7, 11) is 1.90. The number of carbonyl (C=O) groups is 2. The molecule has 0 aliphatic carbocycles. The standard InChI is InChI=1S/C13H15N5O2/c1-18(8-2-7-14)11-5-3-10(4-6-11)9-16-17-13(20)12(15)19/h3-6,9H,2,8H2,1H3,(H2,15,19)(H,17,20)/b16-9+. The maximum Gasteiger partial charge on any atom is 0.329 e. The Hall–Kier alpha value is -2.88. The van der Waals surface area contributed by atoms with Crippen LogP contribution in [0.15, 0.2) is 29.4 Å². The summed E-state index contributed by atoms with van der Waals surface area (Å²) in [6.45, 7) is 0.651. The van der Waals surface area contributed by atoms with Crippen LogP contribution < -0.4 is 16.1 Å². The second kappa shape index (κ2) is 7.53. The molecule has 3 N–H and O–H groups in total. The van der Waals surface area contributed by atoms with Crippen molar-refractivity contribution < 1.29 is 9.59 Å². The van der Waals surface area contributed by atoms with E-state index in [1.807, 2.05) is 29.5 Å². The van der Waals surface area contributed by atoms with Crippen LogP contribution in [0.3, 0.4) is 0 Å². The van der Waals surface area contributed by atoms with Crippen LogP contribution in [0.5, 0.6) is 0 Å². The number of nitrogens with one attached hydrogen (secondary N) is 1. The Balaban J connectivity index is 2.58. The van der Waals surface area contributed by atoms with E-state index in [0.717, 1.165) is 11.3 Å². The zero-order valence-electron chi connectivity index (χ0n) is 11.0. The van der Waals surface area contributed by atoms with Crippen LogP contribution in [-0.4, -0.2) is 31.6 Å². The summed E-state index contributed by atoms with van der Waals surface area (Å²) < 4.78 is 0. The molecule has 0 atom stereocenters. The van der Waals surface area contributed by atoms with Crippen molar-refractivity contribution in [3.8, 4) is 6.07 Å². The second-order valence-corrected chi connectivity index (χ2v) is 3.98. The molecule has 1 aromatic carbocycles. The van der Waals surface area contributed by atoms with Gasteiger partial charge in [0.25, 0.3) is 0 Å². The molecule has 2 amide bonds. The van der Waals surface area contributed by atoms with Gasteiger partial charge in [0.2, 0.25) is 0 Å². The van der Waals surface area contributed by atoms with Crippen molar-refractivity contribution in [3.05, 3.63) is 29.8 Å². The summed E-state index contributed by atoms with van der Waals surface area (Å²) in [5.41, 5.74) is 8.49. The third kappa shape index (κ3) is 4.78. The van der Waals surface area contributed by atoms with Gasteiger partial charge in [0.05, 0.1) is 18.7 Å². The minimum Gasteiger partial charge on any atom is -0.374 e. The fourth-order valence-electron chi connectivity index (χ4n) is 1.38. The lowest BCUT2D eigenvalue weighted by molar-refractivity contribution is -0.137. The van der Waals surface area contributed by atoms with Crippen LogP contribution in [0.1, 0.15) is 12.0 Å². The summed E-state index contributed by atoms with van der Waals surface area (Å²) in [6, 6.07) is 9.43. The highest BCUT2D eigenvalue weighted by Crippen LogP contribution is 2.13. The number of rotatable bonds is 5. The highest BCUT2D eigenvalue weighted by molar-refractivity contribution is 6.34. The first-order chi connectivity index (χ1) is 9.54. The van der Waals surface area contributed by atoms with Crippen LogP contribution in [0.25, 0.3) is 0 Å². The molecule has 0 saturated carbocycles. The largest absolute Gasteiger partial charge is 0.374 e. The molecule has 0 aliphatic heterocycles. The number of hydrazone groups is 1. The fourth-order valence-corrected chi connectivity index (χ4v) is 1.38. The average Bonchev–Trinajstić information content (AvgIpc) is 2.45. The summed E-state index contributed by atoms with van der Waals surface area (Å²) >= 11 is 0. The SMILES string of the molecule is CN(CCC#N)c1ccc(/C=N/NC(=O)C(N)=O)cc1. The number of hydrogen-bond acceptors (Lipinski definition) is 5. The Kier molecular flexibility index (Phi) is 5.72. The Bertz CT molecular complexity index is 545. The first kappa shape index (κ1) is 15.2. The van der Waals surface area contributed by atoms with Gasteiger partial charge in [-0.25, -0.2) is 5.43 Å². The molecule has 20 heavy (non-hydrogen) atoms. The van der Waals surface area contributed by atoms with Gasteiger partial charge in [-0.2, -0.15) is 10.4 Å². The molecular formula is C13H15N5O2. The molecule has 0 fully saturated rings. The van der Waals surface area contributed by atoms with Crippen molar-refractivity contribution in [2.45, 2.75) is 6.42 Å². The van der Waals surface area contributed by atoms with Gasteiger partial charge in [-0.15, -0.1) is 0 Å². The van der Waals surface area contributed by atoms with E-state index in [2.05, 4.69) is 11.2 Å². The van der Waals surface area contributed by atoms with E-state index in [9.17, 15) is 9.59 Å². The highest BCUT2D eigenvalue weighted by atomic mass is 16.2. The number of benzene rings is 1. The topological polar surface area (TPSA) is 112 Å². The Morgan fingerprint density at radius 2 is 2.10 bits per heavy atom. The minimum atomic E-state index is -1.09. The number of carbonyl (C=O) groups excluding carboxylic acids is 2. The zero-order valence-corrected chi connectivity index (χ0v) is 11.0. The molecule has 0 unspecified atom stereocenters. The highest BCUT2D eigenvalue weighted by Gasteiger charge is 2.05. The lowest BCUT2D eigenvalue weighted by atomic mass is 10.2. The van der Waals surface area contributed by atoms with E-state index in [1.165, 1.54) is 6.21 Å². The molecule has 0 heterocycles. The van der Waals surface area contributed by atoms with Crippen molar-refractivity contribution >= 4 is 23.7 Å². The number of nitrogens with two attached hydrogens (primary N) is 1. The van der Waals surface area contributed by atoms with Crippen molar-refractivity contribution in [1.82, 2.24) is 5.43 Å². The second-order valence-electron chi connectivity index (χ2n) is 3.98. The maximum atomic E-state index is 10.8. The van der Waals surface area contributed by atoms with Gasteiger partial charge in [0.1, 0.15) is 0 Å². The molecule has 1 rings (SSSR count). The van der Waals surface area contributed by atoms with E-state index in [4.69, 9.17) is 11.0 Å². The van der Waals surface area contributed by atoms with Crippen LogP contribution in [-0.2, 0) is 9.59 Å². The molecule has 7 heteroatoms. The number of nitrogens with zero attached hydrogens (tertiary/aromatic N) is 3. The molecule has 0 aromatic heterocycles. The van der Waals surface area contributed by atoms with Gasteiger partial charge in [0.15, 0.2) is 0 Å². The maximum absolute atomic E-state index is 10.8. The van der Waals surface area contributed by atoms with Gasteiger partial charge < -0.3 is 10.6 Å². The first-order valence-corrected chi connectivity index (χ1v) is 5.85. The molecule has 0 bridgehead atoms. The van der Waals surface area contributed by atoms with E-state index >= 15 is 0 Å². The van der Waals surface area contributed by atoms with E-state index < -0.39 is 11.8 Å². The van der Waals surface area contributed by atoms with Gasteiger partial charge in [0, 0.05) is 19.3 Å². The van der Waals surface area contributed by atoms with Gasteiger partial charge in [-0.05, 0) is 17.7 Å². The number of nitriles is 1. The van der Waals surface area contributed by atoms with Crippen molar-refractivity contribution in [1.29, 1.82) is 5.26 Å². The van der Waals surface area contributed by atoms with Crippen molar-refractivity contribution in [3.63, 3.8) is 0 Å². The molecule has 0 saturated heterocycles. The first-order valence-electron chi connectivity index (χ1n) is 5.85. The number of anilines is 1. The fraction of sp³-hybridized carbons (Fsp3) is 0.231. The quantitative estimate of drug-likeness (QED) is 0.445. The predicted molar refractivity (Wildman–Crippen MR) is 74.9 cm³/mol. The lowest BCUT2D eigenvalue weighted by Crippen LogP contribution is -2.32. The number of hydrogen-bond donors (Lipinski definition) is 2. The molecule has 104 valence electrons. The predicted octanol–water partition coefficient (Wildman–Crippen LogP) is -0.0281. The summed E-state index contributed by atoms with van der Waals surface area (Å²) in [4.78, 5) is 23.3.